The van der Waals surface area contributed by atoms with Gasteiger partial charge in [-0.3, -0.25) is 9.59 Å². The second kappa shape index (κ2) is 6.37. The molecule has 1 heterocycles. The molecule has 0 bridgehead atoms. The summed E-state index contributed by atoms with van der Waals surface area (Å²) in [6.45, 7) is 0.448. The van der Waals surface area contributed by atoms with Gasteiger partial charge in [-0.1, -0.05) is 36.4 Å². The minimum absolute atomic E-state index is 0.266. The lowest BCUT2D eigenvalue weighted by Crippen LogP contribution is -2.29. The van der Waals surface area contributed by atoms with Crippen molar-refractivity contribution in [3.05, 3.63) is 89.5 Å². The zero-order valence-corrected chi connectivity index (χ0v) is 13.9. The fraction of sp³-hybridized carbons (Fsp3) is 0.0476. The van der Waals surface area contributed by atoms with Crippen LogP contribution in [0.1, 0.15) is 26.3 Å². The Morgan fingerprint density at radius 1 is 0.808 bits per heavy atom. The van der Waals surface area contributed by atoms with Crippen molar-refractivity contribution in [3.63, 3.8) is 0 Å². The first-order chi connectivity index (χ1) is 12.6. The minimum Gasteiger partial charge on any atom is -0.489 e. The van der Waals surface area contributed by atoms with Crippen molar-refractivity contribution in [2.24, 2.45) is 0 Å². The Balaban J connectivity index is 1.53. The number of fused-ring (bicyclic) bond motifs is 1. The number of anilines is 2. The van der Waals surface area contributed by atoms with Crippen molar-refractivity contribution in [3.8, 4) is 5.75 Å². The van der Waals surface area contributed by atoms with Gasteiger partial charge in [-0.15, -0.1) is 0 Å². The van der Waals surface area contributed by atoms with E-state index in [-0.39, 0.29) is 11.5 Å². The largest absolute Gasteiger partial charge is 0.489 e. The van der Waals surface area contributed by atoms with Crippen molar-refractivity contribution < 1.29 is 14.3 Å². The Hall–Kier alpha value is -3.60. The average molecular weight is 344 g/mol. The highest BCUT2D eigenvalue weighted by Gasteiger charge is 2.37. The molecule has 4 rings (SSSR count). The van der Waals surface area contributed by atoms with Crippen LogP contribution in [0.5, 0.6) is 5.75 Å². The third-order valence-electron chi connectivity index (χ3n) is 4.29. The number of ether oxygens (including phenoxy) is 1. The summed E-state index contributed by atoms with van der Waals surface area (Å²) < 4.78 is 5.74. The normalized spacial score (nSPS) is 13.0. The Morgan fingerprint density at radius 2 is 1.54 bits per heavy atom. The van der Waals surface area contributed by atoms with Crippen LogP contribution in [0.2, 0.25) is 0 Å². The molecule has 3 aromatic rings. The molecule has 1 aliphatic heterocycles. The maximum absolute atomic E-state index is 12.6. The van der Waals surface area contributed by atoms with E-state index in [2.05, 4.69) is 0 Å². The molecule has 2 N–H and O–H groups in total. The molecule has 0 aromatic heterocycles. The van der Waals surface area contributed by atoms with Gasteiger partial charge in [0.25, 0.3) is 11.8 Å². The van der Waals surface area contributed by atoms with Gasteiger partial charge in [0.2, 0.25) is 0 Å². The molecule has 0 aliphatic carbocycles. The smallest absolute Gasteiger partial charge is 0.268 e. The molecule has 0 saturated carbocycles. The lowest BCUT2D eigenvalue weighted by Gasteiger charge is -2.14. The molecule has 5 nitrogen and oxygen atoms in total. The molecular formula is C21H16N2O3. The van der Waals surface area contributed by atoms with E-state index in [9.17, 15) is 9.59 Å². The number of amides is 2. The molecule has 0 fully saturated rings. The number of carbonyl (C=O) groups is 2. The highest BCUT2D eigenvalue weighted by atomic mass is 16.5. The monoisotopic (exact) mass is 344 g/mol. The van der Waals surface area contributed by atoms with Crippen molar-refractivity contribution in [1.82, 2.24) is 0 Å². The van der Waals surface area contributed by atoms with E-state index in [1.165, 1.54) is 0 Å². The molecule has 0 unspecified atom stereocenters. The van der Waals surface area contributed by atoms with E-state index < -0.39 is 5.91 Å². The van der Waals surface area contributed by atoms with Crippen LogP contribution < -0.4 is 15.4 Å². The van der Waals surface area contributed by atoms with Crippen LogP contribution in [0.3, 0.4) is 0 Å². The molecule has 1 aliphatic rings. The number of nitrogens with zero attached hydrogens (tertiary/aromatic N) is 1. The Bertz CT molecular complexity index is 982. The summed E-state index contributed by atoms with van der Waals surface area (Å²) in [6, 6.07) is 21.6. The number of hydrogen-bond donors (Lipinski definition) is 1. The first-order valence-electron chi connectivity index (χ1n) is 8.19. The van der Waals surface area contributed by atoms with Crippen molar-refractivity contribution >= 4 is 23.2 Å². The van der Waals surface area contributed by atoms with Crippen LogP contribution in [-0.4, -0.2) is 11.8 Å². The molecule has 0 spiro atoms. The van der Waals surface area contributed by atoms with Crippen LogP contribution in [0.4, 0.5) is 11.4 Å². The average Bonchev–Trinajstić information content (AvgIpc) is 2.93. The topological polar surface area (TPSA) is 72.6 Å². The van der Waals surface area contributed by atoms with Crippen molar-refractivity contribution in [1.29, 1.82) is 0 Å². The van der Waals surface area contributed by atoms with Gasteiger partial charge in [0.1, 0.15) is 12.4 Å². The van der Waals surface area contributed by atoms with E-state index in [4.69, 9.17) is 10.5 Å². The third kappa shape index (κ3) is 2.69. The van der Waals surface area contributed by atoms with Gasteiger partial charge in [-0.25, -0.2) is 4.90 Å². The molecule has 128 valence electrons. The van der Waals surface area contributed by atoms with Gasteiger partial charge >= 0.3 is 0 Å². The molecule has 3 aromatic carbocycles. The molecule has 0 radical (unpaired) electrons. The van der Waals surface area contributed by atoms with Gasteiger partial charge in [0, 0.05) is 5.69 Å². The number of nitrogen functional groups attached to an aromatic ring is 1. The second-order valence-corrected chi connectivity index (χ2v) is 5.98. The van der Waals surface area contributed by atoms with Crippen molar-refractivity contribution in [2.45, 2.75) is 6.61 Å². The maximum Gasteiger partial charge on any atom is 0.268 e. The predicted molar refractivity (Wildman–Crippen MR) is 99.2 cm³/mol. The molecule has 0 atom stereocenters. The fourth-order valence-electron chi connectivity index (χ4n) is 2.98. The van der Waals surface area contributed by atoms with Gasteiger partial charge < -0.3 is 10.5 Å². The van der Waals surface area contributed by atoms with Gasteiger partial charge in [0.15, 0.2) is 0 Å². The van der Waals surface area contributed by atoms with E-state index in [0.29, 0.717) is 29.3 Å². The van der Waals surface area contributed by atoms with Gasteiger partial charge in [-0.2, -0.15) is 0 Å². The third-order valence-corrected chi connectivity index (χ3v) is 4.29. The maximum atomic E-state index is 12.6. The second-order valence-electron chi connectivity index (χ2n) is 5.98. The van der Waals surface area contributed by atoms with Gasteiger partial charge in [0.05, 0.1) is 16.8 Å². The molecule has 2 amide bonds. The molecule has 0 saturated heterocycles. The zero-order chi connectivity index (χ0) is 18.1. The highest BCUT2D eigenvalue weighted by molar-refractivity contribution is 6.35. The quantitative estimate of drug-likeness (QED) is 0.579. The number of rotatable bonds is 4. The number of benzene rings is 3. The van der Waals surface area contributed by atoms with E-state index in [0.717, 1.165) is 10.5 Å². The zero-order valence-electron chi connectivity index (χ0n) is 13.9. The summed E-state index contributed by atoms with van der Waals surface area (Å²) in [5.41, 5.74) is 8.32. The summed E-state index contributed by atoms with van der Waals surface area (Å²) in [5, 5.41) is 0. The van der Waals surface area contributed by atoms with Gasteiger partial charge in [-0.05, 0) is 42.0 Å². The standard InChI is InChI=1S/C21H16N2O3/c22-18-8-4-7-17-19(18)21(25)23(20(17)24)15-9-11-16(12-10-15)26-13-14-5-2-1-3-6-14/h1-12H,13,22H2. The lowest BCUT2D eigenvalue weighted by atomic mass is 10.1. The summed E-state index contributed by atoms with van der Waals surface area (Å²) >= 11 is 0. The highest BCUT2D eigenvalue weighted by Crippen LogP contribution is 2.32. The Morgan fingerprint density at radius 3 is 2.23 bits per heavy atom. The van der Waals surface area contributed by atoms with Crippen LogP contribution in [-0.2, 0) is 6.61 Å². The Labute approximate surface area is 150 Å². The first-order valence-corrected chi connectivity index (χ1v) is 8.19. The predicted octanol–water partition coefficient (Wildman–Crippen LogP) is 3.65. The van der Waals surface area contributed by atoms with Crippen LogP contribution in [0.15, 0.2) is 72.8 Å². The lowest BCUT2D eigenvalue weighted by molar-refractivity contribution is 0.0926. The number of hydrogen-bond acceptors (Lipinski definition) is 4. The van der Waals surface area contributed by atoms with Crippen LogP contribution in [0.25, 0.3) is 0 Å². The summed E-state index contributed by atoms with van der Waals surface area (Å²) in [7, 11) is 0. The van der Waals surface area contributed by atoms with Crippen molar-refractivity contribution in [2.75, 3.05) is 10.6 Å². The SMILES string of the molecule is Nc1cccc2c1C(=O)N(c1ccc(OCc3ccccc3)cc1)C2=O. The number of nitrogens with two attached hydrogens (primary N) is 1. The molecular weight excluding hydrogens is 328 g/mol. The number of carbonyl (C=O) groups excluding carboxylic acids is 2. The van der Waals surface area contributed by atoms with E-state index >= 15 is 0 Å². The molecule has 5 heteroatoms. The first kappa shape index (κ1) is 15.9. The summed E-state index contributed by atoms with van der Waals surface area (Å²) in [4.78, 5) is 26.3. The van der Waals surface area contributed by atoms with E-state index in [1.54, 1.807) is 42.5 Å². The van der Waals surface area contributed by atoms with Crippen LogP contribution in [0, 0.1) is 0 Å². The summed E-state index contributed by atoms with van der Waals surface area (Å²) in [5.74, 6) is -0.106. The Kier molecular flexibility index (Phi) is 3.89. The minimum atomic E-state index is -0.402. The summed E-state index contributed by atoms with van der Waals surface area (Å²) in [6.07, 6.45) is 0. The van der Waals surface area contributed by atoms with Crippen LogP contribution >= 0.6 is 0 Å². The number of imide groups is 1. The fourth-order valence-corrected chi connectivity index (χ4v) is 2.98. The van der Waals surface area contributed by atoms with E-state index in [1.807, 2.05) is 30.3 Å². The molecule has 26 heavy (non-hydrogen) atoms.